The average Bonchev–Trinajstić information content (AvgIpc) is 3.02. The lowest BCUT2D eigenvalue weighted by Gasteiger charge is -2.26. The van der Waals surface area contributed by atoms with Gasteiger partial charge in [0.2, 0.25) is 0 Å². The first-order chi connectivity index (χ1) is 19.6. The van der Waals surface area contributed by atoms with E-state index in [9.17, 15) is 5.11 Å². The van der Waals surface area contributed by atoms with Crippen LogP contribution in [0.2, 0.25) is 0 Å². The van der Waals surface area contributed by atoms with Crippen LogP contribution < -0.4 is 5.73 Å². The second kappa shape index (κ2) is 13.4. The van der Waals surface area contributed by atoms with E-state index in [0.29, 0.717) is 19.5 Å². The molecular weight excluding hydrogens is 494 g/mol. The van der Waals surface area contributed by atoms with Crippen molar-refractivity contribution in [3.8, 4) is 22.5 Å². The molecule has 3 aromatic carbocycles. The van der Waals surface area contributed by atoms with E-state index in [0.717, 1.165) is 39.2 Å². The highest BCUT2D eigenvalue weighted by atomic mass is 16.3. The molecule has 0 radical (unpaired) electrons. The number of benzene rings is 3. The highest BCUT2D eigenvalue weighted by Crippen LogP contribution is 2.19. The third-order valence-electron chi connectivity index (χ3n) is 6.73. The molecule has 5 rings (SSSR count). The molecule has 40 heavy (non-hydrogen) atoms. The van der Waals surface area contributed by atoms with Crippen molar-refractivity contribution in [3.05, 3.63) is 144 Å². The predicted molar refractivity (Wildman–Crippen MR) is 161 cm³/mol. The summed E-state index contributed by atoms with van der Waals surface area (Å²) in [6.07, 6.45) is 5.24. The Morgan fingerprint density at radius 1 is 0.700 bits per heavy atom. The van der Waals surface area contributed by atoms with Gasteiger partial charge in [-0.2, -0.15) is 5.10 Å². The van der Waals surface area contributed by atoms with E-state index in [1.807, 2.05) is 102 Å². The van der Waals surface area contributed by atoms with Gasteiger partial charge in [0.05, 0.1) is 36.8 Å². The van der Waals surface area contributed by atoms with Crippen LogP contribution in [0.3, 0.4) is 0 Å². The zero-order valence-electron chi connectivity index (χ0n) is 22.3. The fraction of sp³-hybridized carbons (Fsp3) is 0.147. The van der Waals surface area contributed by atoms with Crippen LogP contribution in [-0.4, -0.2) is 45.0 Å². The van der Waals surface area contributed by atoms with E-state index in [1.165, 1.54) is 0 Å². The van der Waals surface area contributed by atoms with Crippen LogP contribution in [0.1, 0.15) is 16.7 Å². The zero-order chi connectivity index (χ0) is 27.6. The number of hydrogen-bond donors (Lipinski definition) is 2. The first kappa shape index (κ1) is 26.9. The number of hydrogen-bond acceptors (Lipinski definition) is 6. The maximum absolute atomic E-state index is 11.0. The number of aliphatic hydroxyl groups excluding tert-OH is 1. The molecule has 0 bridgehead atoms. The number of pyridine rings is 2. The largest absolute Gasteiger partial charge is 0.390 e. The fourth-order valence-electron chi connectivity index (χ4n) is 4.47. The van der Waals surface area contributed by atoms with Crippen molar-refractivity contribution in [1.82, 2.24) is 15.0 Å². The first-order valence-electron chi connectivity index (χ1n) is 13.4. The fourth-order valence-corrected chi connectivity index (χ4v) is 4.47. The van der Waals surface area contributed by atoms with Crippen molar-refractivity contribution in [2.24, 2.45) is 10.8 Å². The van der Waals surface area contributed by atoms with E-state index < -0.39 is 12.1 Å². The Balaban J connectivity index is 1.31. The van der Waals surface area contributed by atoms with E-state index in [1.54, 1.807) is 12.4 Å². The van der Waals surface area contributed by atoms with Crippen LogP contribution in [0, 0.1) is 0 Å². The van der Waals surface area contributed by atoms with Gasteiger partial charge in [0.15, 0.2) is 0 Å². The molecule has 2 aromatic heterocycles. The summed E-state index contributed by atoms with van der Waals surface area (Å²) in [6, 6.07) is 37.7. The molecule has 2 heterocycles. The van der Waals surface area contributed by atoms with E-state index in [-0.39, 0.29) is 0 Å². The summed E-state index contributed by atoms with van der Waals surface area (Å²) in [5.74, 6) is 0. The Labute approximate surface area is 235 Å². The predicted octanol–water partition coefficient (Wildman–Crippen LogP) is 5.58. The van der Waals surface area contributed by atoms with Crippen molar-refractivity contribution in [2.75, 3.05) is 6.54 Å². The highest BCUT2D eigenvalue weighted by molar-refractivity contribution is 5.80. The number of aliphatic hydroxyl groups is 1. The second-order valence-corrected chi connectivity index (χ2v) is 9.76. The van der Waals surface area contributed by atoms with Crippen molar-refractivity contribution < 1.29 is 5.11 Å². The molecule has 0 saturated heterocycles. The van der Waals surface area contributed by atoms with Crippen LogP contribution in [0.4, 0.5) is 0 Å². The third kappa shape index (κ3) is 7.47. The van der Waals surface area contributed by atoms with Gasteiger partial charge in [-0.3, -0.25) is 15.0 Å². The number of nitrogens with zero attached hydrogens (tertiary/aromatic N) is 4. The molecule has 0 spiro atoms. The lowest BCUT2D eigenvalue weighted by atomic mass is 10.0. The second-order valence-electron chi connectivity index (χ2n) is 9.76. The molecule has 6 nitrogen and oxygen atoms in total. The summed E-state index contributed by atoms with van der Waals surface area (Å²) < 4.78 is 0. The normalized spacial score (nSPS) is 12.8. The minimum absolute atomic E-state index is 0.304. The molecule has 0 fully saturated rings. The quantitative estimate of drug-likeness (QED) is 0.173. The van der Waals surface area contributed by atoms with Crippen LogP contribution >= 0.6 is 0 Å². The van der Waals surface area contributed by atoms with Crippen LogP contribution in [-0.2, 0) is 13.0 Å². The third-order valence-corrected chi connectivity index (χ3v) is 6.73. The summed E-state index contributed by atoms with van der Waals surface area (Å²) >= 11 is 0. The summed E-state index contributed by atoms with van der Waals surface area (Å²) in [4.78, 5) is 8.86. The molecule has 0 saturated carbocycles. The van der Waals surface area contributed by atoms with Crippen molar-refractivity contribution in [1.29, 1.82) is 0 Å². The topological polar surface area (TPSA) is 87.6 Å². The molecule has 2 atom stereocenters. The summed E-state index contributed by atoms with van der Waals surface area (Å²) in [6.45, 7) is 0.832. The van der Waals surface area contributed by atoms with Gasteiger partial charge in [0, 0.05) is 29.6 Å². The molecule has 200 valence electrons. The minimum atomic E-state index is -0.753. The molecular formula is C34H33N5O. The monoisotopic (exact) mass is 527 g/mol. The zero-order valence-corrected chi connectivity index (χ0v) is 22.3. The van der Waals surface area contributed by atoms with Crippen molar-refractivity contribution in [2.45, 2.75) is 25.1 Å². The number of hydrazone groups is 1. The number of aromatic nitrogens is 2. The van der Waals surface area contributed by atoms with Crippen LogP contribution in [0.5, 0.6) is 0 Å². The van der Waals surface area contributed by atoms with Gasteiger partial charge in [-0.15, -0.1) is 0 Å². The summed E-state index contributed by atoms with van der Waals surface area (Å²) in [5, 5.41) is 17.7. The molecule has 5 aromatic rings. The lowest BCUT2D eigenvalue weighted by Crippen LogP contribution is -2.43. The Morgan fingerprint density at radius 3 is 1.85 bits per heavy atom. The van der Waals surface area contributed by atoms with Gasteiger partial charge in [-0.1, -0.05) is 91.0 Å². The SMILES string of the molecule is NC(Cc1ccccc1)C(O)CN(Cc1ccc(-c2ccccn2)cc1)/N=C/c1ccc(-c2ccccn2)cc1. The Morgan fingerprint density at radius 2 is 1.27 bits per heavy atom. The summed E-state index contributed by atoms with van der Waals surface area (Å²) in [5.41, 5.74) is 13.5. The van der Waals surface area contributed by atoms with Gasteiger partial charge in [0.25, 0.3) is 0 Å². The van der Waals surface area contributed by atoms with Crippen LogP contribution in [0.15, 0.2) is 133 Å². The van der Waals surface area contributed by atoms with Crippen molar-refractivity contribution in [3.63, 3.8) is 0 Å². The molecule has 3 N–H and O–H groups in total. The number of nitrogens with two attached hydrogens (primary N) is 1. The Hall–Kier alpha value is -4.65. The van der Waals surface area contributed by atoms with Gasteiger partial charge in [-0.25, -0.2) is 0 Å². The minimum Gasteiger partial charge on any atom is -0.390 e. The maximum Gasteiger partial charge on any atom is 0.0885 e. The molecule has 0 aliphatic heterocycles. The van der Waals surface area contributed by atoms with Gasteiger partial charge < -0.3 is 10.8 Å². The average molecular weight is 528 g/mol. The van der Waals surface area contributed by atoms with Gasteiger partial charge in [0.1, 0.15) is 0 Å². The molecule has 0 aliphatic carbocycles. The van der Waals surface area contributed by atoms with Gasteiger partial charge in [-0.05, 0) is 47.4 Å². The Bertz CT molecular complexity index is 1480. The Kier molecular flexibility index (Phi) is 9.04. The highest BCUT2D eigenvalue weighted by Gasteiger charge is 2.19. The van der Waals surface area contributed by atoms with Crippen LogP contribution in [0.25, 0.3) is 22.5 Å². The first-order valence-corrected chi connectivity index (χ1v) is 13.4. The standard InChI is InChI=1S/C34H33N5O/c35-31(22-26-8-2-1-3-9-26)34(40)25-39(24-28-14-18-30(19-15-28)33-11-5-7-21-37-33)38-23-27-12-16-29(17-13-27)32-10-4-6-20-36-32/h1-21,23,31,34,40H,22,24-25,35H2/b38-23+. The molecule has 0 aliphatic rings. The maximum atomic E-state index is 11.0. The molecule has 2 unspecified atom stereocenters. The van der Waals surface area contributed by atoms with E-state index in [4.69, 9.17) is 10.8 Å². The van der Waals surface area contributed by atoms with E-state index >= 15 is 0 Å². The lowest BCUT2D eigenvalue weighted by molar-refractivity contribution is 0.0894. The number of rotatable bonds is 11. The molecule has 6 heteroatoms. The summed E-state index contributed by atoms with van der Waals surface area (Å²) in [7, 11) is 0. The van der Waals surface area contributed by atoms with Gasteiger partial charge >= 0.3 is 0 Å². The smallest absolute Gasteiger partial charge is 0.0885 e. The van der Waals surface area contributed by atoms with E-state index in [2.05, 4.69) is 34.2 Å². The van der Waals surface area contributed by atoms with Crippen molar-refractivity contribution >= 4 is 6.21 Å². The molecule has 0 amide bonds.